The van der Waals surface area contributed by atoms with Crippen molar-refractivity contribution >= 4 is 0 Å². The van der Waals surface area contributed by atoms with Gasteiger partial charge in [0.1, 0.15) is 0 Å². The maximum absolute atomic E-state index is 8.45. The third-order valence-corrected chi connectivity index (χ3v) is 3.71. The standard InChI is InChI=1S/C14H19N3/c1-3-11(2)14-6-8-17(16-14)13-9-12(10-13)5-4-7-15/h4-6,8,11-13H,3,9-10H2,1-2H3/b5-4+. The van der Waals surface area contributed by atoms with Gasteiger partial charge in [0, 0.05) is 12.3 Å². The summed E-state index contributed by atoms with van der Waals surface area (Å²) in [5, 5.41) is 13.1. The topological polar surface area (TPSA) is 41.6 Å². The first-order chi connectivity index (χ1) is 8.24. The Balaban J connectivity index is 1.91. The summed E-state index contributed by atoms with van der Waals surface area (Å²) in [7, 11) is 0. The van der Waals surface area contributed by atoms with Crippen molar-refractivity contribution in [2.24, 2.45) is 5.92 Å². The molecule has 0 N–H and O–H groups in total. The molecular formula is C14H19N3. The van der Waals surface area contributed by atoms with Gasteiger partial charge in [-0.25, -0.2) is 0 Å². The van der Waals surface area contributed by atoms with Gasteiger partial charge in [-0.15, -0.1) is 0 Å². The van der Waals surface area contributed by atoms with Crippen LogP contribution in [0.1, 0.15) is 50.8 Å². The fourth-order valence-corrected chi connectivity index (χ4v) is 2.21. The van der Waals surface area contributed by atoms with Crippen molar-refractivity contribution in [1.29, 1.82) is 5.26 Å². The normalized spacial score (nSPS) is 25.5. The van der Waals surface area contributed by atoms with Crippen molar-refractivity contribution in [3.63, 3.8) is 0 Å². The Morgan fingerprint density at radius 2 is 2.41 bits per heavy atom. The molecule has 0 spiro atoms. The molecular weight excluding hydrogens is 210 g/mol. The zero-order valence-corrected chi connectivity index (χ0v) is 10.5. The summed E-state index contributed by atoms with van der Waals surface area (Å²) in [5.41, 5.74) is 1.20. The largest absolute Gasteiger partial charge is 0.269 e. The average molecular weight is 229 g/mol. The van der Waals surface area contributed by atoms with E-state index in [0.29, 0.717) is 17.9 Å². The number of allylic oxidation sites excluding steroid dienone is 2. The molecule has 2 rings (SSSR count). The molecule has 90 valence electrons. The molecule has 1 saturated carbocycles. The molecule has 1 heterocycles. The second kappa shape index (κ2) is 5.18. The molecule has 1 fully saturated rings. The molecule has 0 amide bonds. The number of aromatic nitrogens is 2. The molecule has 0 radical (unpaired) electrons. The van der Waals surface area contributed by atoms with Crippen LogP contribution in [0.2, 0.25) is 0 Å². The van der Waals surface area contributed by atoms with Crippen molar-refractivity contribution in [2.45, 2.75) is 45.1 Å². The Morgan fingerprint density at radius 1 is 1.65 bits per heavy atom. The summed E-state index contributed by atoms with van der Waals surface area (Å²) < 4.78 is 2.10. The first-order valence-electron chi connectivity index (χ1n) is 6.36. The predicted octanol–water partition coefficient (Wildman–Crippen LogP) is 3.43. The number of nitriles is 1. The second-order valence-corrected chi connectivity index (χ2v) is 4.90. The van der Waals surface area contributed by atoms with Crippen LogP contribution in [0, 0.1) is 17.2 Å². The first kappa shape index (κ1) is 11.9. The lowest BCUT2D eigenvalue weighted by Crippen LogP contribution is -2.26. The van der Waals surface area contributed by atoms with E-state index in [9.17, 15) is 0 Å². The molecule has 17 heavy (non-hydrogen) atoms. The molecule has 3 nitrogen and oxygen atoms in total. The minimum atomic E-state index is 0.529. The van der Waals surface area contributed by atoms with Gasteiger partial charge in [-0.2, -0.15) is 10.4 Å². The lowest BCUT2D eigenvalue weighted by molar-refractivity contribution is 0.223. The average Bonchev–Trinajstić information content (AvgIpc) is 2.75. The maximum atomic E-state index is 8.45. The Kier molecular flexibility index (Phi) is 3.63. The van der Waals surface area contributed by atoms with Crippen LogP contribution >= 0.6 is 0 Å². The van der Waals surface area contributed by atoms with E-state index in [2.05, 4.69) is 35.9 Å². The van der Waals surface area contributed by atoms with Crippen LogP contribution in [0.5, 0.6) is 0 Å². The van der Waals surface area contributed by atoms with Crippen LogP contribution in [-0.4, -0.2) is 9.78 Å². The fourth-order valence-electron chi connectivity index (χ4n) is 2.21. The quantitative estimate of drug-likeness (QED) is 0.742. The summed E-state index contributed by atoms with van der Waals surface area (Å²) in [4.78, 5) is 0. The van der Waals surface area contributed by atoms with Gasteiger partial charge in [-0.05, 0) is 37.2 Å². The third kappa shape index (κ3) is 2.58. The van der Waals surface area contributed by atoms with Gasteiger partial charge >= 0.3 is 0 Å². The first-order valence-corrected chi connectivity index (χ1v) is 6.36. The lowest BCUT2D eigenvalue weighted by Gasteiger charge is -2.33. The number of hydrogen-bond acceptors (Lipinski definition) is 2. The fraction of sp³-hybridized carbons (Fsp3) is 0.571. The SMILES string of the molecule is CCC(C)c1ccn(C2CC(/C=C/C#N)C2)n1. The molecule has 1 aliphatic carbocycles. The van der Waals surface area contributed by atoms with E-state index >= 15 is 0 Å². The molecule has 1 aromatic heterocycles. The minimum absolute atomic E-state index is 0.529. The Bertz CT molecular complexity index is 433. The molecule has 0 aliphatic heterocycles. The Labute approximate surface area is 103 Å². The second-order valence-electron chi connectivity index (χ2n) is 4.90. The van der Waals surface area contributed by atoms with Gasteiger partial charge in [0.05, 0.1) is 17.8 Å². The van der Waals surface area contributed by atoms with Crippen LogP contribution in [0.4, 0.5) is 0 Å². The molecule has 0 aromatic carbocycles. The van der Waals surface area contributed by atoms with E-state index in [1.54, 1.807) is 6.08 Å². The smallest absolute Gasteiger partial charge is 0.0908 e. The summed E-state index contributed by atoms with van der Waals surface area (Å²) in [5.74, 6) is 1.11. The van der Waals surface area contributed by atoms with Crippen molar-refractivity contribution in [3.8, 4) is 6.07 Å². The Morgan fingerprint density at radius 3 is 3.06 bits per heavy atom. The van der Waals surface area contributed by atoms with E-state index in [1.165, 1.54) is 5.69 Å². The molecule has 3 heteroatoms. The van der Waals surface area contributed by atoms with Crippen molar-refractivity contribution in [1.82, 2.24) is 9.78 Å². The monoisotopic (exact) mass is 229 g/mol. The van der Waals surface area contributed by atoms with E-state index in [-0.39, 0.29) is 0 Å². The van der Waals surface area contributed by atoms with Crippen LogP contribution in [-0.2, 0) is 0 Å². The Hall–Kier alpha value is -1.56. The van der Waals surface area contributed by atoms with Gasteiger partial charge in [0.25, 0.3) is 0 Å². The van der Waals surface area contributed by atoms with Gasteiger partial charge in [0.2, 0.25) is 0 Å². The van der Waals surface area contributed by atoms with Crippen LogP contribution in [0.15, 0.2) is 24.4 Å². The zero-order valence-electron chi connectivity index (χ0n) is 10.5. The summed E-state index contributed by atoms with van der Waals surface area (Å²) in [6, 6.07) is 4.71. The van der Waals surface area contributed by atoms with E-state index in [0.717, 1.165) is 19.3 Å². The zero-order chi connectivity index (χ0) is 12.3. The molecule has 0 bridgehead atoms. The number of nitrogens with zero attached hydrogens (tertiary/aromatic N) is 3. The highest BCUT2D eigenvalue weighted by Gasteiger charge is 2.29. The van der Waals surface area contributed by atoms with Crippen molar-refractivity contribution < 1.29 is 0 Å². The highest BCUT2D eigenvalue weighted by molar-refractivity contribution is 5.09. The van der Waals surface area contributed by atoms with Crippen LogP contribution in [0.3, 0.4) is 0 Å². The van der Waals surface area contributed by atoms with Crippen molar-refractivity contribution in [3.05, 3.63) is 30.1 Å². The summed E-state index contributed by atoms with van der Waals surface area (Å²) in [6.45, 7) is 4.40. The predicted molar refractivity (Wildman–Crippen MR) is 67.4 cm³/mol. The number of hydrogen-bond donors (Lipinski definition) is 0. The van der Waals surface area contributed by atoms with E-state index in [1.807, 2.05) is 12.1 Å². The maximum Gasteiger partial charge on any atom is 0.0908 e. The molecule has 0 saturated heterocycles. The van der Waals surface area contributed by atoms with Crippen LogP contribution in [0.25, 0.3) is 0 Å². The third-order valence-electron chi connectivity index (χ3n) is 3.71. The van der Waals surface area contributed by atoms with Gasteiger partial charge < -0.3 is 0 Å². The molecule has 1 aromatic rings. The number of rotatable bonds is 4. The minimum Gasteiger partial charge on any atom is -0.269 e. The molecule has 1 atom stereocenters. The molecule has 1 aliphatic rings. The highest BCUT2D eigenvalue weighted by atomic mass is 15.3. The van der Waals surface area contributed by atoms with E-state index < -0.39 is 0 Å². The lowest BCUT2D eigenvalue weighted by atomic mass is 9.80. The van der Waals surface area contributed by atoms with Gasteiger partial charge in [0.15, 0.2) is 0 Å². The van der Waals surface area contributed by atoms with Crippen LogP contribution < -0.4 is 0 Å². The summed E-state index contributed by atoms with van der Waals surface area (Å²) in [6.07, 6.45) is 9.05. The van der Waals surface area contributed by atoms with Gasteiger partial charge in [-0.1, -0.05) is 19.9 Å². The molecule has 1 unspecified atom stereocenters. The summed E-state index contributed by atoms with van der Waals surface area (Å²) >= 11 is 0. The highest BCUT2D eigenvalue weighted by Crippen LogP contribution is 2.38. The van der Waals surface area contributed by atoms with E-state index in [4.69, 9.17) is 5.26 Å². The van der Waals surface area contributed by atoms with Gasteiger partial charge in [-0.3, -0.25) is 4.68 Å². The van der Waals surface area contributed by atoms with Crippen molar-refractivity contribution in [2.75, 3.05) is 0 Å².